The van der Waals surface area contributed by atoms with Gasteiger partial charge in [-0.05, 0) is 44.2 Å². The summed E-state index contributed by atoms with van der Waals surface area (Å²) in [5.74, 6) is 0.915. The molecule has 88 valence electrons. The van der Waals surface area contributed by atoms with Crippen molar-refractivity contribution in [3.63, 3.8) is 0 Å². The minimum absolute atomic E-state index is 0.684. The van der Waals surface area contributed by atoms with Crippen LogP contribution in [0.1, 0.15) is 37.8 Å². The lowest BCUT2D eigenvalue weighted by Gasteiger charge is -2.23. The molecule has 1 saturated heterocycles. The SMILES string of the molecule is c1cc(CC2CCCCN2)n(CC2CC2)n1. The van der Waals surface area contributed by atoms with Crippen LogP contribution < -0.4 is 5.32 Å². The van der Waals surface area contributed by atoms with E-state index < -0.39 is 0 Å². The third-order valence-corrected chi connectivity index (χ3v) is 3.80. The van der Waals surface area contributed by atoms with Crippen LogP contribution in [0.4, 0.5) is 0 Å². The lowest BCUT2D eigenvalue weighted by molar-refractivity contribution is 0.388. The molecule has 3 nitrogen and oxygen atoms in total. The first-order valence-corrected chi connectivity index (χ1v) is 6.66. The van der Waals surface area contributed by atoms with Crippen LogP contribution in [0.5, 0.6) is 0 Å². The van der Waals surface area contributed by atoms with Gasteiger partial charge in [0.25, 0.3) is 0 Å². The molecule has 2 heterocycles. The highest BCUT2D eigenvalue weighted by Gasteiger charge is 2.23. The summed E-state index contributed by atoms with van der Waals surface area (Å²) in [6.07, 6.45) is 9.98. The number of rotatable bonds is 4. The van der Waals surface area contributed by atoms with Gasteiger partial charge in [0, 0.05) is 30.9 Å². The van der Waals surface area contributed by atoms with Crippen molar-refractivity contribution in [1.29, 1.82) is 0 Å². The maximum atomic E-state index is 4.45. The standard InChI is InChI=1S/C13H21N3/c1-2-7-14-12(3-1)9-13-6-8-15-16(13)10-11-4-5-11/h6,8,11-12,14H,1-5,7,9-10H2. The zero-order valence-electron chi connectivity index (χ0n) is 9.86. The van der Waals surface area contributed by atoms with Gasteiger partial charge in [0.15, 0.2) is 0 Å². The minimum Gasteiger partial charge on any atom is -0.314 e. The Kier molecular flexibility index (Phi) is 2.96. The van der Waals surface area contributed by atoms with Gasteiger partial charge in [0.05, 0.1) is 0 Å². The molecule has 1 aromatic heterocycles. The Labute approximate surface area is 97.2 Å². The van der Waals surface area contributed by atoms with E-state index in [0.717, 1.165) is 18.9 Å². The molecule has 1 aliphatic carbocycles. The molecule has 3 heteroatoms. The normalized spacial score (nSPS) is 25.9. The second-order valence-electron chi connectivity index (χ2n) is 5.30. The van der Waals surface area contributed by atoms with Crippen LogP contribution in [0.2, 0.25) is 0 Å². The van der Waals surface area contributed by atoms with Gasteiger partial charge in [-0.3, -0.25) is 4.68 Å². The number of hydrogen-bond donors (Lipinski definition) is 1. The molecule has 1 aliphatic heterocycles. The van der Waals surface area contributed by atoms with Gasteiger partial charge in [-0.1, -0.05) is 6.42 Å². The fourth-order valence-corrected chi connectivity index (χ4v) is 2.59. The maximum Gasteiger partial charge on any atom is 0.0492 e. The van der Waals surface area contributed by atoms with Crippen molar-refractivity contribution in [2.45, 2.75) is 51.1 Å². The average molecular weight is 219 g/mol. The molecular formula is C13H21N3. The van der Waals surface area contributed by atoms with Crippen molar-refractivity contribution < 1.29 is 0 Å². The minimum atomic E-state index is 0.684. The molecule has 0 radical (unpaired) electrons. The summed E-state index contributed by atoms with van der Waals surface area (Å²) in [5, 5.41) is 8.06. The maximum absolute atomic E-state index is 4.45. The van der Waals surface area contributed by atoms with Crippen molar-refractivity contribution in [3.8, 4) is 0 Å². The summed E-state index contributed by atoms with van der Waals surface area (Å²) in [7, 11) is 0. The van der Waals surface area contributed by atoms with E-state index in [1.54, 1.807) is 0 Å². The monoisotopic (exact) mass is 219 g/mol. The first-order chi connectivity index (χ1) is 7.92. The number of nitrogens with zero attached hydrogens (tertiary/aromatic N) is 2. The zero-order chi connectivity index (χ0) is 10.8. The Morgan fingerprint density at radius 1 is 1.31 bits per heavy atom. The molecular weight excluding hydrogens is 198 g/mol. The Morgan fingerprint density at radius 3 is 3.00 bits per heavy atom. The van der Waals surface area contributed by atoms with Gasteiger partial charge in [0.2, 0.25) is 0 Å². The summed E-state index contributed by atoms with van der Waals surface area (Å²) >= 11 is 0. The quantitative estimate of drug-likeness (QED) is 0.839. The van der Waals surface area contributed by atoms with Crippen LogP contribution >= 0.6 is 0 Å². The molecule has 0 aromatic carbocycles. The number of nitrogens with one attached hydrogen (secondary N) is 1. The predicted octanol–water partition coefficient (Wildman–Crippen LogP) is 1.98. The molecule has 1 saturated carbocycles. The number of aromatic nitrogens is 2. The predicted molar refractivity (Wildman–Crippen MR) is 64.3 cm³/mol. The smallest absolute Gasteiger partial charge is 0.0492 e. The molecule has 2 aliphatic rings. The van der Waals surface area contributed by atoms with Crippen molar-refractivity contribution in [3.05, 3.63) is 18.0 Å². The van der Waals surface area contributed by atoms with Crippen molar-refractivity contribution >= 4 is 0 Å². The van der Waals surface area contributed by atoms with Crippen LogP contribution in [-0.4, -0.2) is 22.4 Å². The van der Waals surface area contributed by atoms with E-state index in [9.17, 15) is 0 Å². The van der Waals surface area contributed by atoms with Crippen molar-refractivity contribution in [2.24, 2.45) is 5.92 Å². The third-order valence-electron chi connectivity index (χ3n) is 3.80. The van der Waals surface area contributed by atoms with E-state index in [1.165, 1.54) is 44.3 Å². The van der Waals surface area contributed by atoms with Crippen molar-refractivity contribution in [2.75, 3.05) is 6.54 Å². The molecule has 1 N–H and O–H groups in total. The summed E-state index contributed by atoms with van der Waals surface area (Å²) in [4.78, 5) is 0. The van der Waals surface area contributed by atoms with E-state index in [0.29, 0.717) is 6.04 Å². The third kappa shape index (κ3) is 2.46. The molecule has 0 bridgehead atoms. The number of piperidine rings is 1. The highest BCUT2D eigenvalue weighted by molar-refractivity contribution is 5.04. The fraction of sp³-hybridized carbons (Fsp3) is 0.769. The van der Waals surface area contributed by atoms with E-state index >= 15 is 0 Å². The molecule has 16 heavy (non-hydrogen) atoms. The summed E-state index contributed by atoms with van der Waals surface area (Å²) in [5.41, 5.74) is 1.42. The van der Waals surface area contributed by atoms with Crippen LogP contribution in [0.3, 0.4) is 0 Å². The summed E-state index contributed by atoms with van der Waals surface area (Å²) < 4.78 is 2.23. The van der Waals surface area contributed by atoms with Gasteiger partial charge in [0.1, 0.15) is 0 Å². The van der Waals surface area contributed by atoms with E-state index in [1.807, 2.05) is 6.20 Å². The van der Waals surface area contributed by atoms with E-state index in [4.69, 9.17) is 0 Å². The van der Waals surface area contributed by atoms with Crippen molar-refractivity contribution in [1.82, 2.24) is 15.1 Å². The van der Waals surface area contributed by atoms with Crippen LogP contribution in [0, 0.1) is 5.92 Å². The fourth-order valence-electron chi connectivity index (χ4n) is 2.59. The highest BCUT2D eigenvalue weighted by atomic mass is 15.3. The first kappa shape index (κ1) is 10.3. The Balaban J connectivity index is 1.61. The van der Waals surface area contributed by atoms with Crippen LogP contribution in [-0.2, 0) is 13.0 Å². The lowest BCUT2D eigenvalue weighted by atomic mass is 10.0. The Hall–Kier alpha value is -0.830. The zero-order valence-corrected chi connectivity index (χ0v) is 9.86. The molecule has 0 amide bonds. The molecule has 1 aromatic rings. The summed E-state index contributed by atoms with van der Waals surface area (Å²) in [6, 6.07) is 2.88. The van der Waals surface area contributed by atoms with Gasteiger partial charge >= 0.3 is 0 Å². The summed E-state index contributed by atoms with van der Waals surface area (Å²) in [6.45, 7) is 2.34. The van der Waals surface area contributed by atoms with E-state index in [2.05, 4.69) is 21.2 Å². The Bertz CT molecular complexity index is 335. The lowest BCUT2D eigenvalue weighted by Crippen LogP contribution is -2.36. The molecule has 2 fully saturated rings. The van der Waals surface area contributed by atoms with Gasteiger partial charge in [-0.15, -0.1) is 0 Å². The average Bonchev–Trinajstić information content (AvgIpc) is 3.02. The highest BCUT2D eigenvalue weighted by Crippen LogP contribution is 2.30. The first-order valence-electron chi connectivity index (χ1n) is 6.66. The molecule has 3 rings (SSSR count). The second-order valence-corrected chi connectivity index (χ2v) is 5.30. The largest absolute Gasteiger partial charge is 0.314 e. The van der Waals surface area contributed by atoms with Gasteiger partial charge in [-0.25, -0.2) is 0 Å². The molecule has 1 unspecified atom stereocenters. The molecule has 0 spiro atoms. The van der Waals surface area contributed by atoms with Crippen LogP contribution in [0.15, 0.2) is 12.3 Å². The Morgan fingerprint density at radius 2 is 2.25 bits per heavy atom. The second kappa shape index (κ2) is 4.58. The number of hydrogen-bond acceptors (Lipinski definition) is 2. The van der Waals surface area contributed by atoms with E-state index in [-0.39, 0.29) is 0 Å². The van der Waals surface area contributed by atoms with Gasteiger partial charge < -0.3 is 5.32 Å². The molecule has 1 atom stereocenters. The topological polar surface area (TPSA) is 29.9 Å². The van der Waals surface area contributed by atoms with Gasteiger partial charge in [-0.2, -0.15) is 5.10 Å². The van der Waals surface area contributed by atoms with Crippen LogP contribution in [0.25, 0.3) is 0 Å².